The summed E-state index contributed by atoms with van der Waals surface area (Å²) >= 11 is 17.7. The van der Waals surface area contributed by atoms with Crippen molar-refractivity contribution in [2.24, 2.45) is 17.8 Å². The van der Waals surface area contributed by atoms with Gasteiger partial charge in [0.15, 0.2) is 9.75 Å². The number of nitrogens with zero attached hydrogens (tertiary/aromatic N) is 2. The zero-order chi connectivity index (χ0) is 31.0. The van der Waals surface area contributed by atoms with E-state index < -0.39 is 51.1 Å². The lowest BCUT2D eigenvalue weighted by Gasteiger charge is -2.51. The molecular weight excluding hydrogens is 663 g/mol. The molecule has 2 heterocycles. The molecule has 0 spiro atoms. The fraction of sp³-hybridized carbons (Fsp3) is 0.355. The number of anilines is 1. The number of allylic oxidation sites excluding steroid dienone is 2. The van der Waals surface area contributed by atoms with Gasteiger partial charge in [0.2, 0.25) is 11.8 Å². The molecule has 0 unspecified atom stereocenters. The number of fused-ring (bicyclic) bond motifs is 4. The quantitative estimate of drug-likeness (QED) is 0.197. The maximum Gasteiger partial charge on any atom is 0.254 e. The number of likely N-dealkylation sites (tertiary alicyclic amines) is 1. The lowest BCUT2D eigenvalue weighted by molar-refractivity contribution is -0.138. The van der Waals surface area contributed by atoms with Crippen molar-refractivity contribution in [3.63, 3.8) is 0 Å². The lowest BCUT2D eigenvalue weighted by atomic mass is 9.56. The number of phenols is 1. The molecule has 6 atom stereocenters. The third-order valence-corrected chi connectivity index (χ3v) is 11.2. The van der Waals surface area contributed by atoms with Gasteiger partial charge in [-0.1, -0.05) is 52.4 Å². The minimum atomic E-state index is -2.08. The zero-order valence-corrected chi connectivity index (χ0v) is 26.3. The second-order valence-electron chi connectivity index (χ2n) is 11.1. The number of benzene rings is 2. The maximum absolute atomic E-state index is 14.1. The monoisotopic (exact) mass is 688 g/mol. The van der Waals surface area contributed by atoms with Crippen LogP contribution in [0.3, 0.4) is 0 Å². The standard InChI is InChI=1S/C31H27BrCl2N2O7/c1-4-15-5-7-16(8-6-15)36-26(38)19-10-9-18-20(23(19)27(36)39)13-30(33)28(40)35(14-32)29(41)31(30,34)25(18)24-21(37)11-17(42-2)12-22(24)43-3/h4-9,11-12,19-20,23,25,37H,1,10,13-14H2,2-3H3/t19-,20+,23-,25+,30+,31-/m0/s1. The molecule has 1 saturated carbocycles. The van der Waals surface area contributed by atoms with Crippen molar-refractivity contribution in [1.82, 2.24) is 4.90 Å². The van der Waals surface area contributed by atoms with Crippen LogP contribution >= 0.6 is 39.1 Å². The van der Waals surface area contributed by atoms with Gasteiger partial charge in [0, 0.05) is 23.6 Å². The number of methoxy groups -OCH3 is 2. The number of hydrogen-bond acceptors (Lipinski definition) is 7. The molecule has 3 fully saturated rings. The van der Waals surface area contributed by atoms with Crippen LogP contribution in [0.25, 0.3) is 6.08 Å². The molecule has 2 aromatic rings. The summed E-state index contributed by atoms with van der Waals surface area (Å²) in [7, 11) is 2.81. The minimum absolute atomic E-state index is 0.129. The SMILES string of the molecule is C=Cc1ccc(N2C(=O)[C@H]3[C@H](CC=C4[C@H]3C[C@@]3(Cl)C(=O)N(CBr)C(=O)[C@@]3(Cl)[C@H]4c3c(O)cc(OC)cc3OC)C2=O)cc1. The zero-order valence-electron chi connectivity index (χ0n) is 23.2. The Morgan fingerprint density at radius 3 is 2.35 bits per heavy atom. The fourth-order valence-electron chi connectivity index (χ4n) is 7.25. The van der Waals surface area contributed by atoms with Crippen LogP contribution in [0, 0.1) is 17.8 Å². The van der Waals surface area contributed by atoms with Crippen molar-refractivity contribution in [2.75, 3.05) is 24.6 Å². The molecule has 12 heteroatoms. The third-order valence-electron chi connectivity index (χ3n) is 9.24. The Hall–Kier alpha value is -3.34. The summed E-state index contributed by atoms with van der Waals surface area (Å²) in [6, 6.07) is 9.77. The number of imide groups is 2. The first-order chi connectivity index (χ1) is 20.5. The topological polar surface area (TPSA) is 113 Å². The molecule has 0 bridgehead atoms. The van der Waals surface area contributed by atoms with E-state index in [0.717, 1.165) is 10.5 Å². The van der Waals surface area contributed by atoms with Crippen LogP contribution in [0.5, 0.6) is 17.2 Å². The maximum atomic E-state index is 14.1. The predicted octanol–water partition coefficient (Wildman–Crippen LogP) is 4.97. The summed E-state index contributed by atoms with van der Waals surface area (Å²) in [6.07, 6.45) is 3.47. The number of rotatable bonds is 6. The van der Waals surface area contributed by atoms with Crippen LogP contribution in [0.1, 0.15) is 29.9 Å². The minimum Gasteiger partial charge on any atom is -0.507 e. The van der Waals surface area contributed by atoms with Gasteiger partial charge < -0.3 is 14.6 Å². The molecule has 1 N–H and O–H groups in total. The summed E-state index contributed by atoms with van der Waals surface area (Å²) in [5, 5.41) is 11.3. The first kappa shape index (κ1) is 29.7. The van der Waals surface area contributed by atoms with Gasteiger partial charge in [-0.15, -0.1) is 23.2 Å². The van der Waals surface area contributed by atoms with Crippen molar-refractivity contribution >= 4 is 74.5 Å². The number of phenolic OH excluding ortho intramolecular Hbond substituents is 1. The Balaban J connectivity index is 1.55. The van der Waals surface area contributed by atoms with E-state index in [2.05, 4.69) is 22.5 Å². The summed E-state index contributed by atoms with van der Waals surface area (Å²) < 4.78 is 10.9. The van der Waals surface area contributed by atoms with Crippen LogP contribution < -0.4 is 14.4 Å². The molecule has 224 valence electrons. The van der Waals surface area contributed by atoms with Gasteiger partial charge in [0.1, 0.15) is 17.2 Å². The van der Waals surface area contributed by atoms with Crippen molar-refractivity contribution in [2.45, 2.75) is 28.5 Å². The van der Waals surface area contributed by atoms with Gasteiger partial charge in [-0.3, -0.25) is 29.0 Å². The van der Waals surface area contributed by atoms with E-state index in [1.807, 2.05) is 0 Å². The highest BCUT2D eigenvalue weighted by Gasteiger charge is 2.76. The fourth-order valence-corrected chi connectivity index (χ4v) is 8.66. The Kier molecular flexibility index (Phi) is 7.18. The Morgan fingerprint density at radius 2 is 1.74 bits per heavy atom. The van der Waals surface area contributed by atoms with Crippen LogP contribution in [-0.2, 0) is 19.2 Å². The molecule has 6 rings (SSSR count). The Morgan fingerprint density at radius 1 is 1.05 bits per heavy atom. The normalized spacial score (nSPS) is 31.4. The number of hydrogen-bond donors (Lipinski definition) is 1. The molecule has 2 saturated heterocycles. The Labute approximate surface area is 266 Å². The van der Waals surface area contributed by atoms with Gasteiger partial charge in [-0.25, -0.2) is 0 Å². The molecule has 4 aliphatic rings. The number of amides is 4. The summed E-state index contributed by atoms with van der Waals surface area (Å²) in [5.41, 5.74) is 1.75. The van der Waals surface area contributed by atoms with Crippen LogP contribution in [-0.4, -0.2) is 63.1 Å². The van der Waals surface area contributed by atoms with Crippen molar-refractivity contribution < 1.29 is 33.8 Å². The van der Waals surface area contributed by atoms with Crippen molar-refractivity contribution in [3.8, 4) is 17.2 Å². The van der Waals surface area contributed by atoms with Gasteiger partial charge in [0.25, 0.3) is 11.8 Å². The molecule has 43 heavy (non-hydrogen) atoms. The molecule has 2 aromatic carbocycles. The van der Waals surface area contributed by atoms with E-state index in [1.54, 1.807) is 36.4 Å². The molecule has 9 nitrogen and oxygen atoms in total. The number of carbonyl (C=O) groups excluding carboxylic acids is 4. The number of carbonyl (C=O) groups is 4. The molecule has 0 aromatic heterocycles. The second kappa shape index (κ2) is 10.4. The van der Waals surface area contributed by atoms with E-state index in [0.29, 0.717) is 11.3 Å². The lowest BCUT2D eigenvalue weighted by Crippen LogP contribution is -2.60. The van der Waals surface area contributed by atoms with Crippen molar-refractivity contribution in [1.29, 1.82) is 0 Å². The average Bonchev–Trinajstić information content (AvgIpc) is 3.34. The van der Waals surface area contributed by atoms with E-state index in [9.17, 15) is 24.3 Å². The largest absolute Gasteiger partial charge is 0.507 e. The van der Waals surface area contributed by atoms with Gasteiger partial charge >= 0.3 is 0 Å². The first-order valence-electron chi connectivity index (χ1n) is 13.5. The second-order valence-corrected chi connectivity index (χ2v) is 12.8. The summed E-state index contributed by atoms with van der Waals surface area (Å²) in [6.45, 7) is 3.74. The van der Waals surface area contributed by atoms with Gasteiger partial charge in [-0.2, -0.15) is 0 Å². The smallest absolute Gasteiger partial charge is 0.254 e. The molecule has 2 aliphatic carbocycles. The molecule has 4 amide bonds. The highest BCUT2D eigenvalue weighted by atomic mass is 79.9. The highest BCUT2D eigenvalue weighted by molar-refractivity contribution is 9.09. The van der Waals surface area contributed by atoms with E-state index in [-0.39, 0.29) is 47.0 Å². The first-order valence-corrected chi connectivity index (χ1v) is 15.4. The van der Waals surface area contributed by atoms with Crippen molar-refractivity contribution in [3.05, 3.63) is 65.8 Å². The van der Waals surface area contributed by atoms with Gasteiger partial charge in [0.05, 0.1) is 37.2 Å². The molecule has 2 aliphatic heterocycles. The average molecular weight is 690 g/mol. The van der Waals surface area contributed by atoms with E-state index >= 15 is 0 Å². The molecular formula is C31H27BrCl2N2O7. The number of ether oxygens (including phenoxy) is 2. The highest BCUT2D eigenvalue weighted by Crippen LogP contribution is 2.67. The Bertz CT molecular complexity index is 1630. The number of halogens is 3. The van der Waals surface area contributed by atoms with E-state index in [4.69, 9.17) is 32.7 Å². The van der Waals surface area contributed by atoms with Crippen LogP contribution in [0.15, 0.2) is 54.6 Å². The summed E-state index contributed by atoms with van der Waals surface area (Å²) in [4.78, 5) is 53.7. The third kappa shape index (κ3) is 3.88. The number of alkyl halides is 3. The van der Waals surface area contributed by atoms with E-state index in [1.165, 1.54) is 31.3 Å². The van der Waals surface area contributed by atoms with Crippen LogP contribution in [0.4, 0.5) is 5.69 Å². The number of aromatic hydroxyl groups is 1. The molecule has 0 radical (unpaired) electrons. The van der Waals surface area contributed by atoms with Crippen LogP contribution in [0.2, 0.25) is 0 Å². The van der Waals surface area contributed by atoms with Gasteiger partial charge in [-0.05, 0) is 36.5 Å². The predicted molar refractivity (Wildman–Crippen MR) is 164 cm³/mol. The summed E-state index contributed by atoms with van der Waals surface area (Å²) in [5.74, 6) is -5.64.